The van der Waals surface area contributed by atoms with Crippen molar-refractivity contribution in [3.63, 3.8) is 0 Å². The van der Waals surface area contributed by atoms with E-state index < -0.39 is 49.2 Å². The molecule has 37 heavy (non-hydrogen) atoms. The van der Waals surface area contributed by atoms with Crippen LogP contribution >= 0.6 is 0 Å². The minimum absolute atomic E-state index is 0.107. The molecule has 0 spiro atoms. The highest BCUT2D eigenvalue weighted by Crippen LogP contribution is 2.39. The van der Waals surface area contributed by atoms with Gasteiger partial charge in [-0.05, 0) is 37.5 Å². The van der Waals surface area contributed by atoms with Crippen molar-refractivity contribution >= 4 is 15.7 Å². The first-order chi connectivity index (χ1) is 17.5. The lowest BCUT2D eigenvalue weighted by atomic mass is 10.1. The molecule has 2 N–H and O–H groups in total. The average molecular weight is 530 g/mol. The first-order valence-corrected chi connectivity index (χ1v) is 13.1. The number of carbonyl (C=O) groups is 1. The third-order valence-electron chi connectivity index (χ3n) is 6.70. The van der Waals surface area contributed by atoms with E-state index in [-0.39, 0.29) is 18.7 Å². The van der Waals surface area contributed by atoms with Gasteiger partial charge in [-0.25, -0.2) is 13.4 Å². The van der Waals surface area contributed by atoms with Crippen molar-refractivity contribution in [1.82, 2.24) is 20.2 Å². The predicted octanol–water partition coefficient (Wildman–Crippen LogP) is 3.23. The number of halogens is 3. The Morgan fingerprint density at radius 2 is 1.92 bits per heavy atom. The fourth-order valence-electron chi connectivity index (χ4n) is 4.48. The molecule has 3 aromatic rings. The largest absolute Gasteiger partial charge is 0.417 e. The topological polar surface area (TPSA) is 117 Å². The number of amides is 1. The van der Waals surface area contributed by atoms with E-state index in [0.717, 1.165) is 12.1 Å². The molecule has 2 aliphatic rings. The van der Waals surface area contributed by atoms with Crippen LogP contribution in [0.5, 0.6) is 0 Å². The quantitative estimate of drug-likeness (QED) is 0.507. The lowest BCUT2D eigenvalue weighted by molar-refractivity contribution is -0.139. The van der Waals surface area contributed by atoms with Gasteiger partial charge < -0.3 is 10.6 Å². The van der Waals surface area contributed by atoms with Gasteiger partial charge in [0, 0.05) is 30.2 Å². The van der Waals surface area contributed by atoms with Crippen LogP contribution in [0.15, 0.2) is 65.8 Å². The van der Waals surface area contributed by atoms with E-state index in [2.05, 4.69) is 15.6 Å². The summed E-state index contributed by atoms with van der Waals surface area (Å²) in [6.07, 6.45) is -1.17. The summed E-state index contributed by atoms with van der Waals surface area (Å²) in [6.45, 7) is -0.182. The van der Waals surface area contributed by atoms with E-state index in [4.69, 9.17) is 5.26 Å². The Hall–Kier alpha value is -3.69. The summed E-state index contributed by atoms with van der Waals surface area (Å²) in [5, 5.41) is 13.3. The molecule has 1 saturated heterocycles. The molecule has 0 unspecified atom stereocenters. The van der Waals surface area contributed by atoms with Gasteiger partial charge in [-0.15, -0.1) is 0 Å². The van der Waals surface area contributed by atoms with E-state index in [1.807, 2.05) is 6.07 Å². The van der Waals surface area contributed by atoms with E-state index >= 15 is 0 Å². The molecule has 1 aliphatic heterocycles. The van der Waals surface area contributed by atoms with E-state index in [1.165, 1.54) is 23.0 Å². The molecule has 0 bridgehead atoms. The Kier molecular flexibility index (Phi) is 6.08. The maximum absolute atomic E-state index is 14.1. The number of nitriles is 1. The summed E-state index contributed by atoms with van der Waals surface area (Å²) in [5.41, 5.74) is -1.42. The number of alkyl halides is 3. The molecule has 0 radical (unpaired) electrons. The van der Waals surface area contributed by atoms with Crippen LogP contribution in [-0.4, -0.2) is 47.3 Å². The summed E-state index contributed by atoms with van der Waals surface area (Å²) in [6, 6.07) is 13.1. The number of nitrogens with zero attached hydrogens (tertiary/aromatic N) is 3. The molecule has 2 heterocycles. The van der Waals surface area contributed by atoms with Gasteiger partial charge in [0.1, 0.15) is 11.4 Å². The lowest BCUT2D eigenvalue weighted by Crippen LogP contribution is -2.45. The molecule has 1 amide bonds. The van der Waals surface area contributed by atoms with Gasteiger partial charge in [-0.3, -0.25) is 9.36 Å². The maximum atomic E-state index is 14.1. The van der Waals surface area contributed by atoms with Crippen LogP contribution in [0.25, 0.3) is 17.1 Å². The summed E-state index contributed by atoms with van der Waals surface area (Å²) >= 11 is 0. The maximum Gasteiger partial charge on any atom is 0.417 e. The number of sulfone groups is 1. The van der Waals surface area contributed by atoms with Crippen LogP contribution in [0.2, 0.25) is 0 Å². The Morgan fingerprint density at radius 1 is 1.19 bits per heavy atom. The van der Waals surface area contributed by atoms with Gasteiger partial charge in [0.25, 0.3) is 0 Å². The average Bonchev–Trinajstić information content (AvgIpc) is 3.26. The standard InChI is InChI=1S/C25H22F3N5O3S/c26-25(27,28)19-12-17(33-11-10-30-22(33)16-4-2-1-3-5-16)6-7-21(19)37(35,36)18-13-20(31-14-18)23(34)32-24(15-29)8-9-24/h1-7,10-12,18,20,31H,8-9,13-14H2,(H,32,34)/t18-,20+/m1/s1. The smallest absolute Gasteiger partial charge is 0.336 e. The Balaban J connectivity index is 1.45. The van der Waals surface area contributed by atoms with Crippen molar-refractivity contribution in [1.29, 1.82) is 5.26 Å². The third kappa shape index (κ3) is 4.72. The van der Waals surface area contributed by atoms with Gasteiger partial charge in [0.05, 0.1) is 27.8 Å². The van der Waals surface area contributed by atoms with Crippen molar-refractivity contribution in [2.75, 3.05) is 6.54 Å². The number of hydrogen-bond acceptors (Lipinski definition) is 6. The first kappa shape index (κ1) is 25.0. The van der Waals surface area contributed by atoms with Crippen LogP contribution in [0.3, 0.4) is 0 Å². The Labute approximate surface area is 211 Å². The number of aromatic nitrogens is 2. The molecule has 5 rings (SSSR count). The predicted molar refractivity (Wildman–Crippen MR) is 127 cm³/mol. The first-order valence-electron chi connectivity index (χ1n) is 11.5. The zero-order valence-electron chi connectivity index (χ0n) is 19.4. The van der Waals surface area contributed by atoms with Gasteiger partial charge in [0.15, 0.2) is 9.84 Å². The second kappa shape index (κ2) is 9.00. The van der Waals surface area contributed by atoms with Crippen LogP contribution in [0.1, 0.15) is 24.8 Å². The monoisotopic (exact) mass is 529 g/mol. The van der Waals surface area contributed by atoms with Gasteiger partial charge in [-0.1, -0.05) is 30.3 Å². The number of carbonyl (C=O) groups excluding carboxylic acids is 1. The van der Waals surface area contributed by atoms with Crippen LogP contribution in [0.4, 0.5) is 13.2 Å². The molecule has 2 aromatic carbocycles. The van der Waals surface area contributed by atoms with E-state index in [1.54, 1.807) is 30.3 Å². The van der Waals surface area contributed by atoms with Crippen molar-refractivity contribution in [3.8, 4) is 23.1 Å². The number of imidazole rings is 1. The molecular formula is C25H22F3N5O3S. The van der Waals surface area contributed by atoms with E-state index in [0.29, 0.717) is 24.2 Å². The van der Waals surface area contributed by atoms with Crippen LogP contribution < -0.4 is 10.6 Å². The third-order valence-corrected chi connectivity index (χ3v) is 8.90. The normalized spacial score (nSPS) is 20.8. The SMILES string of the molecule is N#CC1(NC(=O)[C@@H]2C[C@@H](S(=O)(=O)c3ccc(-n4ccnc4-c4ccccc4)cc3C(F)(F)F)CN2)CC1. The van der Waals surface area contributed by atoms with Crippen molar-refractivity contribution in [2.24, 2.45) is 0 Å². The van der Waals surface area contributed by atoms with Gasteiger partial charge in [0.2, 0.25) is 5.91 Å². The van der Waals surface area contributed by atoms with Gasteiger partial charge in [-0.2, -0.15) is 18.4 Å². The molecule has 1 aliphatic carbocycles. The second-order valence-electron chi connectivity index (χ2n) is 9.21. The van der Waals surface area contributed by atoms with Crippen LogP contribution in [-0.2, 0) is 20.8 Å². The Morgan fingerprint density at radius 3 is 2.57 bits per heavy atom. The minimum atomic E-state index is -4.94. The highest BCUT2D eigenvalue weighted by molar-refractivity contribution is 7.92. The lowest BCUT2D eigenvalue weighted by Gasteiger charge is -2.19. The van der Waals surface area contributed by atoms with E-state index in [9.17, 15) is 26.4 Å². The molecule has 2 fully saturated rings. The number of nitrogens with one attached hydrogen (secondary N) is 2. The van der Waals surface area contributed by atoms with Crippen molar-refractivity contribution < 1.29 is 26.4 Å². The molecular weight excluding hydrogens is 507 g/mol. The zero-order valence-corrected chi connectivity index (χ0v) is 20.2. The molecule has 1 saturated carbocycles. The summed E-state index contributed by atoms with van der Waals surface area (Å²) in [7, 11) is -4.45. The molecule has 2 atom stereocenters. The molecule has 192 valence electrons. The number of benzene rings is 2. The fourth-order valence-corrected chi connectivity index (χ4v) is 6.34. The number of rotatable bonds is 6. The second-order valence-corrected chi connectivity index (χ2v) is 11.4. The van der Waals surface area contributed by atoms with Crippen LogP contribution in [0, 0.1) is 11.3 Å². The Bertz CT molecular complexity index is 1490. The van der Waals surface area contributed by atoms with Gasteiger partial charge >= 0.3 is 6.18 Å². The van der Waals surface area contributed by atoms with Crippen molar-refractivity contribution in [3.05, 3.63) is 66.5 Å². The minimum Gasteiger partial charge on any atom is -0.336 e. The summed E-state index contributed by atoms with van der Waals surface area (Å²) < 4.78 is 70.6. The highest BCUT2D eigenvalue weighted by Gasteiger charge is 2.48. The van der Waals surface area contributed by atoms with Crippen molar-refractivity contribution in [2.45, 2.75) is 47.2 Å². The zero-order chi connectivity index (χ0) is 26.4. The number of hydrogen-bond donors (Lipinski definition) is 2. The molecule has 12 heteroatoms. The summed E-state index contributed by atoms with van der Waals surface area (Å²) in [4.78, 5) is 15.9. The molecule has 1 aromatic heterocycles. The molecule has 8 nitrogen and oxygen atoms in total. The fraction of sp³-hybridized carbons (Fsp3) is 0.320. The summed E-state index contributed by atoms with van der Waals surface area (Å²) in [5.74, 6) is -0.124. The highest BCUT2D eigenvalue weighted by atomic mass is 32.2.